The molecular formula is C49H54N12O8. The molecule has 1 unspecified atom stereocenters. The maximum atomic E-state index is 13.7. The van der Waals surface area contributed by atoms with Crippen molar-refractivity contribution in [3.63, 3.8) is 0 Å². The summed E-state index contributed by atoms with van der Waals surface area (Å²) < 4.78 is 11.4. The van der Waals surface area contributed by atoms with Crippen molar-refractivity contribution in [1.29, 1.82) is 0 Å². The molecule has 8 rings (SSSR count). The van der Waals surface area contributed by atoms with Crippen molar-refractivity contribution in [3.8, 4) is 0 Å². The number of imide groups is 2. The Morgan fingerprint density at radius 1 is 0.913 bits per heavy atom. The van der Waals surface area contributed by atoms with Crippen molar-refractivity contribution in [3.05, 3.63) is 95.3 Å². The number of para-hydroxylation sites is 2. The highest BCUT2D eigenvalue weighted by molar-refractivity contribution is 6.37. The first-order valence-electron chi connectivity index (χ1n) is 22.9. The molecule has 2 aromatic heterocycles. The van der Waals surface area contributed by atoms with E-state index in [4.69, 9.17) is 25.3 Å². The fraction of sp³-hybridized carbons (Fsp3) is 0.347. The van der Waals surface area contributed by atoms with Crippen LogP contribution in [-0.2, 0) is 28.7 Å². The highest BCUT2D eigenvalue weighted by atomic mass is 16.5. The van der Waals surface area contributed by atoms with Gasteiger partial charge in [0.25, 0.3) is 17.7 Å². The molecule has 0 saturated carbocycles. The van der Waals surface area contributed by atoms with Crippen LogP contribution in [0.15, 0.2) is 83.0 Å². The zero-order valence-corrected chi connectivity index (χ0v) is 38.2. The molecule has 358 valence electrons. The second-order valence-electron chi connectivity index (χ2n) is 16.5. The summed E-state index contributed by atoms with van der Waals surface area (Å²) in [5.74, 6) is 3.48. The van der Waals surface area contributed by atoms with E-state index in [0.29, 0.717) is 98.5 Å². The Morgan fingerprint density at radius 3 is 2.45 bits per heavy atom. The number of hydrogen-bond acceptors (Lipinski definition) is 16. The van der Waals surface area contributed by atoms with Crippen LogP contribution in [0, 0.1) is 0 Å². The number of H-pyrrole nitrogens is 1. The van der Waals surface area contributed by atoms with Gasteiger partial charge in [-0.15, -0.1) is 0 Å². The molecule has 5 aromatic rings. The van der Waals surface area contributed by atoms with Crippen molar-refractivity contribution in [1.82, 2.24) is 35.4 Å². The molecule has 2 fully saturated rings. The largest absolute Gasteiger partial charge is 0.382 e. The Hall–Kier alpha value is -7.68. The summed E-state index contributed by atoms with van der Waals surface area (Å²) in [6.07, 6.45) is 5.59. The minimum atomic E-state index is -1.03. The Kier molecular flexibility index (Phi) is 15.5. The maximum absolute atomic E-state index is 13.7. The van der Waals surface area contributed by atoms with Crippen molar-refractivity contribution < 1.29 is 38.2 Å². The molecule has 20 nitrogen and oxygen atoms in total. The number of aromatic amines is 1. The topological polar surface area (TPSA) is 259 Å². The van der Waals surface area contributed by atoms with Crippen LogP contribution in [0.25, 0.3) is 33.0 Å². The van der Waals surface area contributed by atoms with Crippen molar-refractivity contribution >= 4 is 92.3 Å². The summed E-state index contributed by atoms with van der Waals surface area (Å²) in [6.45, 7) is 6.03. The molecule has 69 heavy (non-hydrogen) atoms. The minimum absolute atomic E-state index is 0.0507. The Morgan fingerprint density at radius 2 is 1.68 bits per heavy atom. The monoisotopic (exact) mass is 938 g/mol. The van der Waals surface area contributed by atoms with Crippen molar-refractivity contribution in [2.45, 2.75) is 31.7 Å². The van der Waals surface area contributed by atoms with Crippen LogP contribution in [0.4, 0.5) is 11.6 Å². The fourth-order valence-corrected chi connectivity index (χ4v) is 8.74. The SMILES string of the molecule is CNC(=O)/C(=C(\C=O)c1c[nH]c2ccccc12)c1nc(N2CCN(CCCN=C/C(CCOCCOCCNc3cccc4c3C(=O)N(C3CCC(=O)NC3=O)C4=O)=N\N)CC2)nc2ccccc12. The zero-order chi connectivity index (χ0) is 48.3. The fourth-order valence-electron chi connectivity index (χ4n) is 8.74. The molecule has 20 heteroatoms. The Balaban J connectivity index is 0.746. The van der Waals surface area contributed by atoms with Gasteiger partial charge in [-0.2, -0.15) is 5.10 Å². The lowest BCUT2D eigenvalue weighted by atomic mass is 9.95. The number of likely N-dealkylation sites (N-methyl/N-ethyl adjacent to an activating group) is 1. The summed E-state index contributed by atoms with van der Waals surface area (Å²) in [4.78, 5) is 99.9. The van der Waals surface area contributed by atoms with Gasteiger partial charge in [0.1, 0.15) is 6.04 Å². The average molecular weight is 939 g/mol. The van der Waals surface area contributed by atoms with Gasteiger partial charge in [0, 0.05) is 111 Å². The highest BCUT2D eigenvalue weighted by Gasteiger charge is 2.45. The quantitative estimate of drug-likeness (QED) is 0.0135. The first kappa shape index (κ1) is 47.8. The molecule has 3 aliphatic heterocycles. The van der Waals surface area contributed by atoms with E-state index in [1.807, 2.05) is 48.5 Å². The number of amides is 5. The highest BCUT2D eigenvalue weighted by Crippen LogP contribution is 2.35. The molecule has 2 saturated heterocycles. The first-order chi connectivity index (χ1) is 33.7. The number of anilines is 2. The second kappa shape index (κ2) is 22.4. The van der Waals surface area contributed by atoms with E-state index in [2.05, 4.69) is 40.8 Å². The second-order valence-corrected chi connectivity index (χ2v) is 16.5. The molecule has 0 radical (unpaired) electrons. The van der Waals surface area contributed by atoms with E-state index in [1.54, 1.807) is 37.7 Å². The third-order valence-corrected chi connectivity index (χ3v) is 12.3. The number of rotatable bonds is 21. The molecule has 1 atom stereocenters. The number of piperidine rings is 1. The van der Waals surface area contributed by atoms with E-state index < -0.39 is 35.6 Å². The number of carbonyl (C=O) groups excluding carboxylic acids is 6. The number of nitrogens with zero attached hydrogens (tertiary/aromatic N) is 7. The van der Waals surface area contributed by atoms with Gasteiger partial charge in [-0.05, 0) is 37.1 Å². The standard InChI is InChI=1S/C49H54N12O8/c1-51-46(65)43(36(30-62)35-29-54-37-11-4-2-8-32(35)37)44-33-9-3-5-12-38(33)55-49(57-44)60-22-20-59(21-23-60)19-7-17-52-28-31(58-50)16-24-68-26-27-69-25-18-53-39-13-6-10-34-42(39)48(67)61(47(34)66)40-14-15-41(63)56-45(40)64/h2-6,8-13,28-30,40,53-54H,7,14-27,50H2,1H3,(H,51,65)(H,56,63,64)/b43-36+,52-28?,58-31-. The maximum Gasteiger partial charge on any atom is 0.264 e. The number of nitrogens with two attached hydrogens (primary N) is 1. The van der Waals surface area contributed by atoms with E-state index in [1.165, 1.54) is 0 Å². The minimum Gasteiger partial charge on any atom is -0.382 e. The molecule has 0 bridgehead atoms. The Bertz CT molecular complexity index is 2850. The lowest BCUT2D eigenvalue weighted by Gasteiger charge is -2.35. The lowest BCUT2D eigenvalue weighted by molar-refractivity contribution is -0.136. The van der Waals surface area contributed by atoms with Crippen LogP contribution in [0.5, 0.6) is 0 Å². The predicted octanol–water partition coefficient (Wildman–Crippen LogP) is 2.80. The third-order valence-electron chi connectivity index (χ3n) is 12.3. The Labute approximate surface area is 397 Å². The average Bonchev–Trinajstić information content (AvgIpc) is 3.91. The first-order valence-corrected chi connectivity index (χ1v) is 22.9. The molecule has 3 aromatic carbocycles. The number of aldehydes is 1. The molecule has 5 heterocycles. The van der Waals surface area contributed by atoms with Crippen molar-refractivity contribution in [2.24, 2.45) is 15.9 Å². The molecule has 5 amide bonds. The van der Waals surface area contributed by atoms with Crippen molar-refractivity contribution in [2.75, 3.05) is 89.5 Å². The number of aromatic nitrogens is 3. The third kappa shape index (κ3) is 10.7. The number of aliphatic imine (C=N–C) groups is 1. The number of carbonyl (C=O) groups is 6. The number of nitrogens with one attached hydrogen (secondary N) is 4. The van der Waals surface area contributed by atoms with E-state index in [9.17, 15) is 28.8 Å². The number of allylic oxidation sites excluding steroid dienone is 1. The summed E-state index contributed by atoms with van der Waals surface area (Å²) in [6, 6.07) is 19.0. The van der Waals surface area contributed by atoms with Gasteiger partial charge >= 0.3 is 0 Å². The predicted molar refractivity (Wildman–Crippen MR) is 261 cm³/mol. The van der Waals surface area contributed by atoms with Gasteiger partial charge in [-0.1, -0.05) is 42.5 Å². The van der Waals surface area contributed by atoms with E-state index >= 15 is 0 Å². The molecule has 3 aliphatic rings. The van der Waals surface area contributed by atoms with Gasteiger partial charge in [0.15, 0.2) is 6.29 Å². The summed E-state index contributed by atoms with van der Waals surface area (Å²) >= 11 is 0. The molecule has 0 aliphatic carbocycles. The zero-order valence-electron chi connectivity index (χ0n) is 38.2. The summed E-state index contributed by atoms with van der Waals surface area (Å²) in [7, 11) is 1.54. The number of fused-ring (bicyclic) bond motifs is 3. The van der Waals surface area contributed by atoms with Gasteiger partial charge in [0.05, 0.1) is 60.0 Å². The van der Waals surface area contributed by atoms with Gasteiger partial charge in [-0.25, -0.2) is 9.97 Å². The number of benzene rings is 3. The van der Waals surface area contributed by atoms with Crippen LogP contribution < -0.4 is 26.7 Å². The molecular weight excluding hydrogens is 885 g/mol. The van der Waals surface area contributed by atoms with Crippen LogP contribution in [0.2, 0.25) is 0 Å². The van der Waals surface area contributed by atoms with E-state index in [0.717, 1.165) is 48.1 Å². The van der Waals surface area contributed by atoms with Gasteiger partial charge < -0.3 is 35.8 Å². The van der Waals surface area contributed by atoms with Gasteiger partial charge in [0.2, 0.25) is 17.8 Å². The smallest absolute Gasteiger partial charge is 0.264 e. The molecule has 0 spiro atoms. The van der Waals surface area contributed by atoms with Crippen LogP contribution in [0.3, 0.4) is 0 Å². The molecule has 6 N–H and O–H groups in total. The number of piperazine rings is 1. The summed E-state index contributed by atoms with van der Waals surface area (Å²) in [5, 5.41) is 13.4. The number of hydrazone groups is 1. The van der Waals surface area contributed by atoms with Gasteiger partial charge in [-0.3, -0.25) is 48.9 Å². The lowest BCUT2D eigenvalue weighted by Crippen LogP contribution is -2.54. The number of hydrogen-bond donors (Lipinski definition) is 5. The summed E-state index contributed by atoms with van der Waals surface area (Å²) in [5.41, 5.74) is 4.40. The van der Waals surface area contributed by atoms with Crippen LogP contribution in [0.1, 0.15) is 57.7 Å². The normalized spacial score (nSPS) is 17.2. The van der Waals surface area contributed by atoms with E-state index in [-0.39, 0.29) is 35.1 Å². The number of ether oxygens (including phenoxy) is 2. The van der Waals surface area contributed by atoms with Crippen LogP contribution in [-0.4, -0.2) is 158 Å². The van der Waals surface area contributed by atoms with Crippen LogP contribution >= 0.6 is 0 Å².